The molecular weight excluding hydrogens is 360 g/mol. The van der Waals surface area contributed by atoms with E-state index in [1.165, 1.54) is 0 Å². The van der Waals surface area contributed by atoms with Crippen molar-refractivity contribution in [1.82, 2.24) is 14.8 Å². The normalized spacial score (nSPS) is 10.6. The van der Waals surface area contributed by atoms with E-state index in [0.29, 0.717) is 19.0 Å². The maximum Gasteiger partial charge on any atom is 0.232 e. The average Bonchev–Trinajstić information content (AvgIpc) is 3.08. The summed E-state index contributed by atoms with van der Waals surface area (Å²) in [6, 6.07) is 19.1. The minimum Gasteiger partial charge on any atom is -0.493 e. The van der Waals surface area contributed by atoms with Crippen molar-refractivity contribution in [2.75, 3.05) is 17.7 Å². The molecule has 1 N–H and O–H groups in total. The number of benzene rings is 2. The van der Waals surface area contributed by atoms with Gasteiger partial charge in [-0.25, -0.2) is 0 Å². The maximum atomic E-state index is 12.3. The van der Waals surface area contributed by atoms with Crippen LogP contribution in [0, 0.1) is 0 Å². The van der Waals surface area contributed by atoms with Gasteiger partial charge in [-0.3, -0.25) is 4.79 Å². The Bertz CT molecular complexity index is 853. The van der Waals surface area contributed by atoms with Crippen molar-refractivity contribution in [3.05, 3.63) is 66.5 Å². The molecule has 0 aliphatic carbocycles. The molecule has 0 aliphatic rings. The minimum atomic E-state index is -0.104. The molecule has 0 saturated heterocycles. The fourth-order valence-electron chi connectivity index (χ4n) is 2.55. The number of anilines is 1. The number of para-hydroxylation sites is 2. The van der Waals surface area contributed by atoms with Gasteiger partial charge in [0.25, 0.3) is 0 Å². The number of nitrogens with zero attached hydrogens (tertiary/aromatic N) is 3. The molecule has 0 spiro atoms. The van der Waals surface area contributed by atoms with Gasteiger partial charge < -0.3 is 14.6 Å². The number of carbonyl (C=O) groups excluding carboxylic acids is 1. The zero-order valence-corrected chi connectivity index (χ0v) is 16.0. The molecule has 0 radical (unpaired) electrons. The van der Waals surface area contributed by atoms with Gasteiger partial charge >= 0.3 is 0 Å². The largest absolute Gasteiger partial charge is 0.493 e. The molecule has 1 aromatic heterocycles. The smallest absolute Gasteiger partial charge is 0.232 e. The Hall–Kier alpha value is -2.80. The second-order valence-electron chi connectivity index (χ2n) is 5.74. The highest BCUT2D eigenvalue weighted by Crippen LogP contribution is 2.18. The fraction of sp³-hybridized carbons (Fsp3) is 0.250. The molecule has 0 fully saturated rings. The maximum absolute atomic E-state index is 12.3. The lowest BCUT2D eigenvalue weighted by molar-refractivity contribution is -0.115. The second kappa shape index (κ2) is 9.78. The number of carbonyl (C=O) groups is 1. The molecular formula is C20H22N4O2S. The predicted octanol–water partition coefficient (Wildman–Crippen LogP) is 3.65. The Balaban J connectivity index is 1.52. The van der Waals surface area contributed by atoms with Gasteiger partial charge in [0, 0.05) is 18.0 Å². The topological polar surface area (TPSA) is 69.0 Å². The highest BCUT2D eigenvalue weighted by Gasteiger charge is 2.14. The quantitative estimate of drug-likeness (QED) is 0.452. The van der Waals surface area contributed by atoms with Crippen molar-refractivity contribution < 1.29 is 9.53 Å². The number of thioether (sulfide) groups is 1. The predicted molar refractivity (Wildman–Crippen MR) is 107 cm³/mol. The number of ether oxygens (including phenoxy) is 1. The van der Waals surface area contributed by atoms with Gasteiger partial charge in [0.05, 0.1) is 13.0 Å². The molecule has 0 atom stereocenters. The van der Waals surface area contributed by atoms with Crippen LogP contribution in [0.25, 0.3) is 0 Å². The number of aromatic nitrogens is 3. The summed E-state index contributed by atoms with van der Waals surface area (Å²) in [6.45, 7) is 3.31. The fourth-order valence-corrected chi connectivity index (χ4v) is 3.39. The van der Waals surface area contributed by atoms with Crippen LogP contribution in [0.4, 0.5) is 5.69 Å². The Kier molecular flexibility index (Phi) is 6.87. The van der Waals surface area contributed by atoms with Crippen LogP contribution in [0.1, 0.15) is 12.7 Å². The monoisotopic (exact) mass is 382 g/mol. The van der Waals surface area contributed by atoms with Crippen molar-refractivity contribution in [3.8, 4) is 5.75 Å². The number of hydrogen-bond acceptors (Lipinski definition) is 5. The van der Waals surface area contributed by atoms with Gasteiger partial charge in [-0.1, -0.05) is 48.2 Å². The standard InChI is InChI=1S/C20H22N4O2S/c1-2-24-18(15-19(25)21-16-9-5-3-6-10-16)22-23-20(24)27-14-13-26-17-11-7-4-8-12-17/h3-12H,2,13-15H2,1H3,(H,21,25). The molecule has 3 aromatic rings. The molecule has 3 rings (SSSR count). The lowest BCUT2D eigenvalue weighted by Gasteiger charge is -2.08. The van der Waals surface area contributed by atoms with E-state index in [2.05, 4.69) is 15.5 Å². The molecule has 2 aromatic carbocycles. The molecule has 1 heterocycles. The lowest BCUT2D eigenvalue weighted by atomic mass is 10.3. The third kappa shape index (κ3) is 5.59. The van der Waals surface area contributed by atoms with Crippen LogP contribution in [-0.4, -0.2) is 33.0 Å². The van der Waals surface area contributed by atoms with Crippen molar-refractivity contribution in [1.29, 1.82) is 0 Å². The summed E-state index contributed by atoms with van der Waals surface area (Å²) in [4.78, 5) is 12.3. The number of rotatable bonds is 9. The van der Waals surface area contributed by atoms with Gasteiger partial charge in [-0.2, -0.15) is 0 Å². The van der Waals surface area contributed by atoms with Crippen LogP contribution in [0.2, 0.25) is 0 Å². The Labute approximate surface area is 163 Å². The van der Waals surface area contributed by atoms with Crippen LogP contribution in [0.3, 0.4) is 0 Å². The van der Waals surface area contributed by atoms with Crippen molar-refractivity contribution in [3.63, 3.8) is 0 Å². The Morgan fingerprint density at radius 3 is 2.48 bits per heavy atom. The molecule has 7 heteroatoms. The molecule has 1 amide bonds. The molecule has 27 heavy (non-hydrogen) atoms. The van der Waals surface area contributed by atoms with Crippen molar-refractivity contribution in [2.24, 2.45) is 0 Å². The van der Waals surface area contributed by atoms with Gasteiger partial charge in [0.15, 0.2) is 5.16 Å². The summed E-state index contributed by atoms with van der Waals surface area (Å²) in [5.41, 5.74) is 0.776. The summed E-state index contributed by atoms with van der Waals surface area (Å²) in [6.07, 6.45) is 0.191. The SMILES string of the molecule is CCn1c(CC(=O)Nc2ccccc2)nnc1SCCOc1ccccc1. The summed E-state index contributed by atoms with van der Waals surface area (Å²) in [5.74, 6) is 2.17. The first-order chi connectivity index (χ1) is 13.3. The first-order valence-electron chi connectivity index (χ1n) is 8.84. The van der Waals surface area contributed by atoms with E-state index >= 15 is 0 Å². The molecule has 6 nitrogen and oxygen atoms in total. The summed E-state index contributed by atoms with van der Waals surface area (Å²) in [7, 11) is 0. The third-order valence-corrected chi connectivity index (χ3v) is 4.74. The van der Waals surface area contributed by atoms with Crippen LogP contribution < -0.4 is 10.1 Å². The molecule has 0 saturated carbocycles. The molecule has 0 bridgehead atoms. The molecule has 0 aliphatic heterocycles. The van der Waals surface area contributed by atoms with Crippen LogP contribution >= 0.6 is 11.8 Å². The Morgan fingerprint density at radius 1 is 1.07 bits per heavy atom. The van der Waals surface area contributed by atoms with Gasteiger partial charge in [0.2, 0.25) is 5.91 Å². The van der Waals surface area contributed by atoms with Crippen LogP contribution in [-0.2, 0) is 17.8 Å². The third-order valence-electron chi connectivity index (χ3n) is 3.81. The summed E-state index contributed by atoms with van der Waals surface area (Å²) in [5, 5.41) is 12.1. The van der Waals surface area contributed by atoms with E-state index in [-0.39, 0.29) is 12.3 Å². The highest BCUT2D eigenvalue weighted by atomic mass is 32.2. The van der Waals surface area contributed by atoms with Gasteiger partial charge in [0.1, 0.15) is 11.6 Å². The van der Waals surface area contributed by atoms with Gasteiger partial charge in [-0.05, 0) is 31.2 Å². The zero-order chi connectivity index (χ0) is 18.9. The highest BCUT2D eigenvalue weighted by molar-refractivity contribution is 7.99. The number of nitrogens with one attached hydrogen (secondary N) is 1. The zero-order valence-electron chi connectivity index (χ0n) is 15.2. The van der Waals surface area contributed by atoms with E-state index in [0.717, 1.165) is 22.3 Å². The van der Waals surface area contributed by atoms with Crippen molar-refractivity contribution >= 4 is 23.4 Å². The van der Waals surface area contributed by atoms with E-state index in [9.17, 15) is 4.79 Å². The first-order valence-corrected chi connectivity index (χ1v) is 9.82. The van der Waals surface area contributed by atoms with Crippen LogP contribution in [0.15, 0.2) is 65.8 Å². The van der Waals surface area contributed by atoms with E-state index in [1.54, 1.807) is 11.8 Å². The van der Waals surface area contributed by atoms with E-state index < -0.39 is 0 Å². The van der Waals surface area contributed by atoms with Gasteiger partial charge in [-0.15, -0.1) is 10.2 Å². The van der Waals surface area contributed by atoms with Crippen molar-refractivity contribution in [2.45, 2.75) is 25.0 Å². The summed E-state index contributed by atoms with van der Waals surface area (Å²) >= 11 is 1.58. The van der Waals surface area contributed by atoms with Crippen LogP contribution in [0.5, 0.6) is 5.75 Å². The number of amides is 1. The molecule has 140 valence electrons. The molecule has 0 unspecified atom stereocenters. The minimum absolute atomic E-state index is 0.104. The number of hydrogen-bond donors (Lipinski definition) is 1. The second-order valence-corrected chi connectivity index (χ2v) is 6.81. The Morgan fingerprint density at radius 2 is 1.78 bits per heavy atom. The first kappa shape index (κ1) is 19.0. The average molecular weight is 382 g/mol. The van der Waals surface area contributed by atoms with E-state index in [4.69, 9.17) is 4.74 Å². The van der Waals surface area contributed by atoms with E-state index in [1.807, 2.05) is 72.2 Å². The summed E-state index contributed by atoms with van der Waals surface area (Å²) < 4.78 is 7.67. The lowest BCUT2D eigenvalue weighted by Crippen LogP contribution is -2.17.